The summed E-state index contributed by atoms with van der Waals surface area (Å²) in [5, 5.41) is 14.5. The first kappa shape index (κ1) is 12.5. The Morgan fingerprint density at radius 1 is 1.30 bits per heavy atom. The lowest BCUT2D eigenvalue weighted by Gasteiger charge is -1.94. The molecule has 0 unspecified atom stereocenters. The van der Waals surface area contributed by atoms with E-state index in [0.29, 0.717) is 15.8 Å². The predicted octanol–water partition coefficient (Wildman–Crippen LogP) is 3.67. The van der Waals surface area contributed by atoms with Crippen LogP contribution in [0.15, 0.2) is 50.0 Å². The molecule has 0 aliphatic heterocycles. The summed E-state index contributed by atoms with van der Waals surface area (Å²) in [6, 6.07) is 7.71. The summed E-state index contributed by atoms with van der Waals surface area (Å²) in [4.78, 5) is 14.4. The highest BCUT2D eigenvalue weighted by molar-refractivity contribution is 9.10. The number of hydrogen-bond donors (Lipinski definition) is 0. The lowest BCUT2D eigenvalue weighted by molar-refractivity contribution is -0.384. The highest BCUT2D eigenvalue weighted by Gasteiger charge is 2.17. The summed E-state index contributed by atoms with van der Waals surface area (Å²) >= 11 is 3.29. The summed E-state index contributed by atoms with van der Waals surface area (Å²) in [6.45, 7) is 0. The Labute approximate surface area is 120 Å². The van der Waals surface area contributed by atoms with Crippen LogP contribution in [0.5, 0.6) is 0 Å². The second-order valence-electron chi connectivity index (χ2n) is 3.83. The van der Waals surface area contributed by atoms with Crippen molar-refractivity contribution in [2.24, 2.45) is 0 Å². The molecule has 2 aromatic heterocycles. The van der Waals surface area contributed by atoms with E-state index in [9.17, 15) is 10.1 Å². The Hall–Kier alpha value is -2.48. The number of aromatic nitrogens is 2. The van der Waals surface area contributed by atoms with Crippen LogP contribution in [0.4, 0.5) is 5.69 Å². The third-order valence-corrected chi connectivity index (χ3v) is 3.18. The zero-order chi connectivity index (χ0) is 14.1. The smallest absolute Gasteiger partial charge is 0.295 e. The van der Waals surface area contributed by atoms with Gasteiger partial charge in [0.25, 0.3) is 11.6 Å². The molecule has 2 heterocycles. The van der Waals surface area contributed by atoms with Gasteiger partial charge < -0.3 is 8.94 Å². The number of nitro groups is 1. The molecule has 8 heteroatoms. The van der Waals surface area contributed by atoms with Crippen molar-refractivity contribution in [3.05, 3.63) is 51.2 Å². The summed E-state index contributed by atoms with van der Waals surface area (Å²) < 4.78 is 11.0. The number of halogens is 1. The van der Waals surface area contributed by atoms with Gasteiger partial charge in [0.05, 0.1) is 15.7 Å². The van der Waals surface area contributed by atoms with E-state index >= 15 is 0 Å². The molecule has 0 aliphatic rings. The number of furan rings is 1. The number of non-ortho nitro benzene ring substituents is 1. The molecule has 100 valence electrons. The second kappa shape index (κ2) is 4.89. The standard InChI is InChI=1S/C12H6BrN3O4/c13-9-4-5-19-10(9)12-14-11(15-20-12)7-2-1-3-8(6-7)16(17)18/h1-6H. The fourth-order valence-electron chi connectivity index (χ4n) is 1.64. The number of benzene rings is 1. The van der Waals surface area contributed by atoms with Crippen molar-refractivity contribution in [1.82, 2.24) is 10.1 Å². The maximum Gasteiger partial charge on any atom is 0.295 e. The van der Waals surface area contributed by atoms with E-state index in [1.54, 1.807) is 18.2 Å². The number of nitrogens with zero attached hydrogens (tertiary/aromatic N) is 3. The van der Waals surface area contributed by atoms with Crippen molar-refractivity contribution < 1.29 is 13.9 Å². The molecule has 7 nitrogen and oxygen atoms in total. The Kier molecular flexibility index (Phi) is 3.07. The fraction of sp³-hybridized carbons (Fsp3) is 0. The molecule has 0 saturated heterocycles. The average Bonchev–Trinajstić information content (AvgIpc) is 3.07. The van der Waals surface area contributed by atoms with Crippen molar-refractivity contribution in [3.63, 3.8) is 0 Å². The van der Waals surface area contributed by atoms with Gasteiger partial charge in [-0.2, -0.15) is 4.98 Å². The SMILES string of the molecule is O=[N+]([O-])c1cccc(-c2noc(-c3occc3Br)n2)c1. The Bertz CT molecular complexity index is 780. The molecule has 0 aliphatic carbocycles. The Balaban J connectivity index is 2.00. The predicted molar refractivity (Wildman–Crippen MR) is 71.8 cm³/mol. The molecule has 1 aromatic carbocycles. The van der Waals surface area contributed by atoms with Crippen LogP contribution in [0.3, 0.4) is 0 Å². The molecule has 0 atom stereocenters. The molecule has 0 N–H and O–H groups in total. The Morgan fingerprint density at radius 3 is 2.85 bits per heavy atom. The normalized spacial score (nSPS) is 10.7. The lowest BCUT2D eigenvalue weighted by Crippen LogP contribution is -1.88. The number of rotatable bonds is 3. The molecule has 0 radical (unpaired) electrons. The molecule has 0 spiro atoms. The monoisotopic (exact) mass is 335 g/mol. The molecule has 0 bridgehead atoms. The summed E-state index contributed by atoms with van der Waals surface area (Å²) in [6.07, 6.45) is 1.48. The van der Waals surface area contributed by atoms with E-state index in [1.165, 1.54) is 18.4 Å². The second-order valence-corrected chi connectivity index (χ2v) is 4.68. The first-order valence-corrected chi connectivity index (χ1v) is 6.26. The molecular weight excluding hydrogens is 330 g/mol. The fourth-order valence-corrected chi connectivity index (χ4v) is 2.01. The molecule has 3 aromatic rings. The number of nitro benzene ring substituents is 1. The van der Waals surface area contributed by atoms with E-state index in [4.69, 9.17) is 8.94 Å². The van der Waals surface area contributed by atoms with Gasteiger partial charge in [-0.25, -0.2) is 0 Å². The van der Waals surface area contributed by atoms with Gasteiger partial charge in [-0.05, 0) is 22.0 Å². The van der Waals surface area contributed by atoms with Crippen LogP contribution in [0.1, 0.15) is 0 Å². The molecule has 20 heavy (non-hydrogen) atoms. The van der Waals surface area contributed by atoms with E-state index < -0.39 is 4.92 Å². The zero-order valence-corrected chi connectivity index (χ0v) is 11.4. The van der Waals surface area contributed by atoms with Crippen LogP contribution in [0.25, 0.3) is 23.0 Å². The Morgan fingerprint density at radius 2 is 2.15 bits per heavy atom. The van der Waals surface area contributed by atoms with Crippen molar-refractivity contribution in [3.8, 4) is 23.0 Å². The molecule has 3 rings (SSSR count). The third kappa shape index (κ3) is 2.21. The van der Waals surface area contributed by atoms with Crippen molar-refractivity contribution in [1.29, 1.82) is 0 Å². The van der Waals surface area contributed by atoms with Crippen molar-refractivity contribution in [2.75, 3.05) is 0 Å². The molecule has 0 amide bonds. The van der Waals surface area contributed by atoms with Gasteiger partial charge in [0.2, 0.25) is 11.6 Å². The minimum absolute atomic E-state index is 0.0342. The van der Waals surface area contributed by atoms with Gasteiger partial charge in [0, 0.05) is 17.7 Å². The molecule has 0 saturated carbocycles. The van der Waals surface area contributed by atoms with Crippen LogP contribution >= 0.6 is 15.9 Å². The van der Waals surface area contributed by atoms with Crippen molar-refractivity contribution >= 4 is 21.6 Å². The van der Waals surface area contributed by atoms with Crippen LogP contribution in [0, 0.1) is 10.1 Å². The van der Waals surface area contributed by atoms with Gasteiger partial charge in [-0.15, -0.1) is 0 Å². The largest absolute Gasteiger partial charge is 0.458 e. The van der Waals surface area contributed by atoms with Gasteiger partial charge in [-0.3, -0.25) is 10.1 Å². The van der Waals surface area contributed by atoms with Gasteiger partial charge >= 0.3 is 0 Å². The minimum Gasteiger partial charge on any atom is -0.458 e. The van der Waals surface area contributed by atoms with Gasteiger partial charge in [0.1, 0.15) is 0 Å². The highest BCUT2D eigenvalue weighted by atomic mass is 79.9. The van der Waals surface area contributed by atoms with Crippen molar-refractivity contribution in [2.45, 2.75) is 0 Å². The first-order valence-electron chi connectivity index (χ1n) is 5.47. The van der Waals surface area contributed by atoms with Crippen LogP contribution < -0.4 is 0 Å². The van der Waals surface area contributed by atoms with E-state index in [0.717, 1.165) is 0 Å². The quantitative estimate of drug-likeness (QED) is 0.535. The third-order valence-electron chi connectivity index (χ3n) is 2.55. The van der Waals surface area contributed by atoms with Crippen LogP contribution in [-0.2, 0) is 0 Å². The summed E-state index contributed by atoms with van der Waals surface area (Å²) in [5.74, 6) is 0.865. The maximum atomic E-state index is 10.7. The molecule has 0 fully saturated rings. The number of hydrogen-bond acceptors (Lipinski definition) is 6. The van der Waals surface area contributed by atoms with E-state index in [1.807, 2.05) is 0 Å². The maximum absolute atomic E-state index is 10.7. The van der Waals surface area contributed by atoms with Crippen LogP contribution in [-0.4, -0.2) is 15.1 Å². The highest BCUT2D eigenvalue weighted by Crippen LogP contribution is 2.30. The van der Waals surface area contributed by atoms with Gasteiger partial charge in [0.15, 0.2) is 0 Å². The lowest BCUT2D eigenvalue weighted by atomic mass is 10.2. The summed E-state index contributed by atoms with van der Waals surface area (Å²) in [7, 11) is 0. The van der Waals surface area contributed by atoms with E-state index in [-0.39, 0.29) is 17.4 Å². The van der Waals surface area contributed by atoms with E-state index in [2.05, 4.69) is 26.1 Å². The average molecular weight is 336 g/mol. The first-order chi connectivity index (χ1) is 9.65. The topological polar surface area (TPSA) is 95.2 Å². The minimum atomic E-state index is -0.479. The zero-order valence-electron chi connectivity index (χ0n) is 9.82. The van der Waals surface area contributed by atoms with Crippen LogP contribution in [0.2, 0.25) is 0 Å². The molecular formula is C12H6BrN3O4. The van der Waals surface area contributed by atoms with Gasteiger partial charge in [-0.1, -0.05) is 17.3 Å². The summed E-state index contributed by atoms with van der Waals surface area (Å²) in [5.41, 5.74) is 0.463.